The normalized spacial score (nSPS) is 13.2. The number of benzene rings is 2. The fraction of sp³-hybridized carbons (Fsp3) is 0.238. The number of ether oxygens (including phenoxy) is 2. The molecule has 2 aromatic carbocycles. The van der Waals surface area contributed by atoms with Gasteiger partial charge < -0.3 is 24.7 Å². The standard InChI is InChI=1S/C21H20IN3O8S2/c22-34-25(12-21(28)29)17-8-13(7-16-15(17)3-4-23-16)10-24(11-20(26)27)35(30,31)14-1-2-18-19(9-14)33-6-5-32-18/h1-4,7-9,23H,5-6,10-12H2,(H,26,27)(H,28,29). The lowest BCUT2D eigenvalue weighted by atomic mass is 10.1. The van der Waals surface area contributed by atoms with Crippen LogP contribution in [0.25, 0.3) is 10.9 Å². The molecule has 3 N–H and O–H groups in total. The van der Waals surface area contributed by atoms with E-state index in [1.165, 1.54) is 27.3 Å². The number of nitrogens with zero attached hydrogens (tertiary/aromatic N) is 2. The molecule has 0 aliphatic carbocycles. The SMILES string of the molecule is O=C(O)CN(SI)c1cc(CN(CC(=O)O)S(=O)(=O)c2ccc3c(c2)OCCO3)cc2[nH]ccc12. The van der Waals surface area contributed by atoms with Gasteiger partial charge in [0.2, 0.25) is 10.0 Å². The van der Waals surface area contributed by atoms with E-state index in [2.05, 4.69) is 4.98 Å². The zero-order valence-electron chi connectivity index (χ0n) is 18.0. The molecule has 2 heterocycles. The summed E-state index contributed by atoms with van der Waals surface area (Å²) in [4.78, 5) is 25.9. The molecule has 186 valence electrons. The Bertz CT molecular complexity index is 1380. The summed E-state index contributed by atoms with van der Waals surface area (Å²) >= 11 is 1.97. The van der Waals surface area contributed by atoms with Gasteiger partial charge in [0.1, 0.15) is 26.3 Å². The highest BCUT2D eigenvalue weighted by Crippen LogP contribution is 2.36. The Morgan fingerprint density at radius 2 is 1.74 bits per heavy atom. The van der Waals surface area contributed by atoms with E-state index < -0.39 is 28.5 Å². The van der Waals surface area contributed by atoms with E-state index >= 15 is 0 Å². The number of H-pyrrole nitrogens is 1. The van der Waals surface area contributed by atoms with E-state index in [-0.39, 0.29) is 30.3 Å². The highest BCUT2D eigenvalue weighted by atomic mass is 127. The van der Waals surface area contributed by atoms with Gasteiger partial charge in [0.15, 0.2) is 11.5 Å². The largest absolute Gasteiger partial charge is 0.486 e. The number of carboxylic acids is 2. The van der Waals surface area contributed by atoms with Crippen molar-refractivity contribution in [1.82, 2.24) is 9.29 Å². The topological polar surface area (TPSA) is 149 Å². The molecule has 0 unspecified atom stereocenters. The maximum atomic E-state index is 13.5. The number of carboxylic acid groups (broad SMARTS) is 2. The molecule has 1 aliphatic heterocycles. The smallest absolute Gasteiger partial charge is 0.324 e. The third-order valence-electron chi connectivity index (χ3n) is 5.16. The van der Waals surface area contributed by atoms with Crippen molar-refractivity contribution >= 4 is 68.9 Å². The van der Waals surface area contributed by atoms with Crippen molar-refractivity contribution in [1.29, 1.82) is 0 Å². The van der Waals surface area contributed by atoms with Crippen LogP contribution < -0.4 is 13.8 Å². The number of carbonyl (C=O) groups is 2. The number of aliphatic carboxylic acids is 2. The van der Waals surface area contributed by atoms with Gasteiger partial charge in [0, 0.05) is 60.0 Å². The molecule has 14 heteroatoms. The van der Waals surface area contributed by atoms with E-state index in [1.807, 2.05) is 21.2 Å². The van der Waals surface area contributed by atoms with Crippen molar-refractivity contribution in [3.05, 3.63) is 48.2 Å². The molecule has 0 amide bonds. The molecule has 0 spiro atoms. The summed E-state index contributed by atoms with van der Waals surface area (Å²) in [6, 6.07) is 9.31. The molecule has 0 bridgehead atoms. The highest BCUT2D eigenvalue weighted by molar-refractivity contribution is 14.2. The van der Waals surface area contributed by atoms with Crippen LogP contribution in [-0.4, -0.2) is 66.2 Å². The summed E-state index contributed by atoms with van der Waals surface area (Å²) in [6.07, 6.45) is 1.69. The number of halogens is 1. The van der Waals surface area contributed by atoms with Gasteiger partial charge >= 0.3 is 11.9 Å². The van der Waals surface area contributed by atoms with Crippen LogP contribution in [-0.2, 0) is 26.2 Å². The summed E-state index contributed by atoms with van der Waals surface area (Å²) in [5.74, 6) is -1.66. The van der Waals surface area contributed by atoms with Crippen LogP contribution >= 0.6 is 30.3 Å². The summed E-state index contributed by atoms with van der Waals surface area (Å²) in [7, 11) is -3.05. The average molecular weight is 633 g/mol. The van der Waals surface area contributed by atoms with Gasteiger partial charge in [-0.15, -0.1) is 0 Å². The number of anilines is 1. The average Bonchev–Trinajstić information content (AvgIpc) is 3.29. The molecule has 4 rings (SSSR count). The van der Waals surface area contributed by atoms with Gasteiger partial charge in [0.25, 0.3) is 0 Å². The first-order valence-electron chi connectivity index (χ1n) is 10.2. The number of aromatic amines is 1. The summed E-state index contributed by atoms with van der Waals surface area (Å²) in [5.41, 5.74) is 1.70. The Balaban J connectivity index is 1.73. The fourth-order valence-electron chi connectivity index (χ4n) is 3.69. The van der Waals surface area contributed by atoms with E-state index in [1.54, 1.807) is 28.7 Å². The van der Waals surface area contributed by atoms with Crippen LogP contribution in [0.4, 0.5) is 5.69 Å². The Labute approximate surface area is 216 Å². The lowest BCUT2D eigenvalue weighted by Crippen LogP contribution is -2.35. The number of aromatic nitrogens is 1. The minimum absolute atomic E-state index is 0.125. The van der Waals surface area contributed by atoms with Crippen LogP contribution in [0.2, 0.25) is 0 Å². The summed E-state index contributed by atoms with van der Waals surface area (Å²) in [5, 5.41) is 19.5. The van der Waals surface area contributed by atoms with Crippen LogP contribution in [0.3, 0.4) is 0 Å². The number of nitrogens with one attached hydrogen (secondary N) is 1. The lowest BCUT2D eigenvalue weighted by Gasteiger charge is -2.24. The van der Waals surface area contributed by atoms with Gasteiger partial charge in [0.05, 0.1) is 10.6 Å². The quantitative estimate of drug-likeness (QED) is 0.225. The van der Waals surface area contributed by atoms with Crippen molar-refractivity contribution in [2.24, 2.45) is 0 Å². The van der Waals surface area contributed by atoms with Gasteiger partial charge in [-0.2, -0.15) is 4.31 Å². The predicted octanol–water partition coefficient (Wildman–Crippen LogP) is 3.10. The minimum Gasteiger partial charge on any atom is -0.486 e. The second kappa shape index (κ2) is 10.5. The highest BCUT2D eigenvalue weighted by Gasteiger charge is 2.29. The zero-order chi connectivity index (χ0) is 25.2. The third kappa shape index (κ3) is 5.60. The zero-order valence-corrected chi connectivity index (χ0v) is 21.8. The van der Waals surface area contributed by atoms with Crippen molar-refractivity contribution in [3.8, 4) is 11.5 Å². The molecular formula is C21H20IN3O8S2. The number of fused-ring (bicyclic) bond motifs is 2. The second-order valence-corrected chi connectivity index (χ2v) is 11.2. The first-order chi connectivity index (χ1) is 16.7. The molecular weight excluding hydrogens is 613 g/mol. The second-order valence-electron chi connectivity index (χ2n) is 7.53. The predicted molar refractivity (Wildman–Crippen MR) is 138 cm³/mol. The number of sulfonamides is 1. The van der Waals surface area contributed by atoms with Crippen LogP contribution in [0.1, 0.15) is 5.56 Å². The Hall–Kier alpha value is -2.69. The first kappa shape index (κ1) is 25.4. The monoisotopic (exact) mass is 633 g/mol. The van der Waals surface area contributed by atoms with Gasteiger partial charge in [-0.25, -0.2) is 8.42 Å². The molecule has 1 aliphatic rings. The Morgan fingerprint density at radius 1 is 1.03 bits per heavy atom. The molecule has 0 saturated heterocycles. The van der Waals surface area contributed by atoms with Gasteiger partial charge in [-0.05, 0) is 35.9 Å². The molecule has 35 heavy (non-hydrogen) atoms. The van der Waals surface area contributed by atoms with Crippen molar-refractivity contribution in [2.75, 3.05) is 30.6 Å². The van der Waals surface area contributed by atoms with Crippen molar-refractivity contribution in [3.63, 3.8) is 0 Å². The van der Waals surface area contributed by atoms with E-state index in [0.29, 0.717) is 29.1 Å². The van der Waals surface area contributed by atoms with Crippen LogP contribution in [0.5, 0.6) is 11.5 Å². The van der Waals surface area contributed by atoms with Gasteiger partial charge in [-0.1, -0.05) is 0 Å². The van der Waals surface area contributed by atoms with Crippen molar-refractivity contribution < 1.29 is 37.7 Å². The first-order valence-corrected chi connectivity index (χ1v) is 14.9. The minimum atomic E-state index is -4.23. The molecule has 3 aromatic rings. The Kier molecular flexibility index (Phi) is 7.63. The lowest BCUT2D eigenvalue weighted by molar-refractivity contribution is -0.137. The molecule has 0 atom stereocenters. The molecule has 0 saturated carbocycles. The number of hydrogen-bond acceptors (Lipinski definition) is 8. The summed E-state index contributed by atoms with van der Waals surface area (Å²) in [6.45, 7) is -0.684. The molecule has 0 radical (unpaired) electrons. The Morgan fingerprint density at radius 3 is 2.43 bits per heavy atom. The van der Waals surface area contributed by atoms with E-state index in [9.17, 15) is 28.2 Å². The van der Waals surface area contributed by atoms with Crippen molar-refractivity contribution in [2.45, 2.75) is 11.4 Å². The number of rotatable bonds is 10. The maximum Gasteiger partial charge on any atom is 0.324 e. The number of hydrogen-bond donors (Lipinski definition) is 3. The molecule has 11 nitrogen and oxygen atoms in total. The third-order valence-corrected chi connectivity index (χ3v) is 8.87. The molecule has 0 fully saturated rings. The van der Waals surface area contributed by atoms with Crippen LogP contribution in [0, 0.1) is 0 Å². The van der Waals surface area contributed by atoms with Gasteiger partial charge in [-0.3, -0.25) is 13.9 Å². The summed E-state index contributed by atoms with van der Waals surface area (Å²) < 4.78 is 40.2. The van der Waals surface area contributed by atoms with Crippen LogP contribution in [0.15, 0.2) is 47.5 Å². The van der Waals surface area contributed by atoms with E-state index in [0.717, 1.165) is 9.69 Å². The molecule has 1 aromatic heterocycles. The van der Waals surface area contributed by atoms with E-state index in [4.69, 9.17) is 9.47 Å². The maximum absolute atomic E-state index is 13.5. The fourth-order valence-corrected chi connectivity index (χ4v) is 6.52.